The standard InChI is InChI=1S/C21H22ClFN2O4/c1-12-8-17(22)19(29-7-6-26)10-18(12)25-21(28)16-11-24-20(27)9-15(16)13-2-4-14(23)5-3-13/h2,4-5,8,10-11,13,15,26H,3,6-7,9H2,1H3,(H,24,27)(H,25,28)/t13?,15-/m1/s1. The van der Waals surface area contributed by atoms with Gasteiger partial charge < -0.3 is 20.5 Å². The number of aliphatic hydroxyl groups excluding tert-OH is 1. The summed E-state index contributed by atoms with van der Waals surface area (Å²) in [6.07, 6.45) is 6.51. The molecule has 1 heterocycles. The first-order chi connectivity index (χ1) is 13.9. The molecule has 1 aromatic carbocycles. The van der Waals surface area contributed by atoms with Gasteiger partial charge in [-0.25, -0.2) is 4.39 Å². The number of allylic oxidation sites excluding steroid dienone is 4. The number of hydrogen-bond acceptors (Lipinski definition) is 4. The molecule has 1 aliphatic carbocycles. The zero-order chi connectivity index (χ0) is 21.0. The average molecular weight is 421 g/mol. The van der Waals surface area contributed by atoms with Gasteiger partial charge in [0.2, 0.25) is 5.91 Å². The fourth-order valence-electron chi connectivity index (χ4n) is 3.41. The Bertz CT molecular complexity index is 910. The molecule has 3 N–H and O–H groups in total. The van der Waals surface area contributed by atoms with Crippen molar-refractivity contribution in [1.29, 1.82) is 0 Å². The number of rotatable bonds is 6. The van der Waals surface area contributed by atoms with Crippen LogP contribution in [0.15, 0.2) is 48.0 Å². The van der Waals surface area contributed by atoms with E-state index in [1.165, 1.54) is 18.4 Å². The number of nitrogens with one attached hydrogen (secondary N) is 2. The predicted octanol–water partition coefficient (Wildman–Crippen LogP) is 3.41. The molecule has 0 aromatic heterocycles. The number of anilines is 1. The molecule has 1 aliphatic heterocycles. The monoisotopic (exact) mass is 420 g/mol. The zero-order valence-corrected chi connectivity index (χ0v) is 16.6. The van der Waals surface area contributed by atoms with E-state index in [0.29, 0.717) is 28.5 Å². The van der Waals surface area contributed by atoms with E-state index in [-0.39, 0.29) is 49.1 Å². The molecule has 0 saturated carbocycles. The highest BCUT2D eigenvalue weighted by Gasteiger charge is 2.33. The average Bonchev–Trinajstić information content (AvgIpc) is 2.69. The third-order valence-electron chi connectivity index (χ3n) is 4.94. The second-order valence-corrected chi connectivity index (χ2v) is 7.36. The van der Waals surface area contributed by atoms with E-state index in [2.05, 4.69) is 10.6 Å². The number of aryl methyl sites for hydroxylation is 1. The number of amides is 2. The van der Waals surface area contributed by atoms with Gasteiger partial charge in [0.25, 0.3) is 5.91 Å². The zero-order valence-electron chi connectivity index (χ0n) is 15.9. The fraction of sp³-hybridized carbons (Fsp3) is 0.333. The summed E-state index contributed by atoms with van der Waals surface area (Å²) in [4.78, 5) is 24.9. The highest BCUT2D eigenvalue weighted by Crippen LogP contribution is 2.35. The Balaban J connectivity index is 1.81. The summed E-state index contributed by atoms with van der Waals surface area (Å²) in [7, 11) is 0. The maximum absolute atomic E-state index is 13.3. The molecule has 0 radical (unpaired) electrons. The SMILES string of the molecule is Cc1cc(Cl)c(OCCO)cc1NC(=O)C1=CNC(=O)C[C@@H]1C1C=CC(F)=CC1. The van der Waals surface area contributed by atoms with Gasteiger partial charge in [0, 0.05) is 35.9 Å². The summed E-state index contributed by atoms with van der Waals surface area (Å²) in [5.41, 5.74) is 1.66. The normalized spacial score (nSPS) is 21.2. The van der Waals surface area contributed by atoms with Crippen molar-refractivity contribution in [2.75, 3.05) is 18.5 Å². The molecule has 2 amide bonds. The minimum absolute atomic E-state index is 0.0769. The summed E-state index contributed by atoms with van der Waals surface area (Å²) >= 11 is 6.15. The summed E-state index contributed by atoms with van der Waals surface area (Å²) in [5, 5.41) is 14.7. The van der Waals surface area contributed by atoms with Crippen LogP contribution >= 0.6 is 11.6 Å². The van der Waals surface area contributed by atoms with Crippen LogP contribution in [-0.4, -0.2) is 30.1 Å². The Kier molecular flexibility index (Phi) is 6.71. The largest absolute Gasteiger partial charge is 0.490 e. The lowest BCUT2D eigenvalue weighted by molar-refractivity contribution is -0.122. The summed E-state index contributed by atoms with van der Waals surface area (Å²) in [6, 6.07) is 3.26. The molecular weight excluding hydrogens is 399 g/mol. The van der Waals surface area contributed by atoms with Gasteiger partial charge in [0.05, 0.1) is 11.6 Å². The first kappa shape index (κ1) is 21.1. The van der Waals surface area contributed by atoms with Crippen LogP contribution in [-0.2, 0) is 9.59 Å². The van der Waals surface area contributed by atoms with Crippen LogP contribution < -0.4 is 15.4 Å². The lowest BCUT2D eigenvalue weighted by atomic mass is 9.78. The van der Waals surface area contributed by atoms with Gasteiger partial charge in [-0.05, 0) is 43.0 Å². The maximum atomic E-state index is 13.3. The van der Waals surface area contributed by atoms with Crippen molar-refractivity contribution >= 4 is 29.1 Å². The molecule has 2 atom stereocenters. The van der Waals surface area contributed by atoms with Crippen molar-refractivity contribution in [3.8, 4) is 5.75 Å². The quantitative estimate of drug-likeness (QED) is 0.658. The summed E-state index contributed by atoms with van der Waals surface area (Å²) < 4.78 is 18.7. The summed E-state index contributed by atoms with van der Waals surface area (Å²) in [5.74, 6) is -1.02. The molecule has 0 spiro atoms. The minimum atomic E-state index is -0.364. The molecular formula is C21H22ClFN2O4. The number of ether oxygens (including phenoxy) is 1. The van der Waals surface area contributed by atoms with Crippen molar-refractivity contribution < 1.29 is 23.8 Å². The minimum Gasteiger partial charge on any atom is -0.490 e. The second-order valence-electron chi connectivity index (χ2n) is 6.95. The van der Waals surface area contributed by atoms with Crippen LogP contribution in [0.25, 0.3) is 0 Å². The van der Waals surface area contributed by atoms with E-state index in [1.54, 1.807) is 25.1 Å². The smallest absolute Gasteiger partial charge is 0.253 e. The van der Waals surface area contributed by atoms with Crippen LogP contribution in [0.4, 0.5) is 10.1 Å². The molecule has 1 unspecified atom stereocenters. The fourth-order valence-corrected chi connectivity index (χ4v) is 3.68. The predicted molar refractivity (Wildman–Crippen MR) is 108 cm³/mol. The first-order valence-electron chi connectivity index (χ1n) is 9.27. The Hall–Kier alpha value is -2.64. The van der Waals surface area contributed by atoms with Gasteiger partial charge in [0.1, 0.15) is 18.2 Å². The van der Waals surface area contributed by atoms with Crippen LogP contribution in [0.2, 0.25) is 5.02 Å². The molecule has 2 aliphatic rings. The van der Waals surface area contributed by atoms with Crippen LogP contribution in [0.1, 0.15) is 18.4 Å². The van der Waals surface area contributed by atoms with Gasteiger partial charge >= 0.3 is 0 Å². The molecule has 8 heteroatoms. The van der Waals surface area contributed by atoms with E-state index >= 15 is 0 Å². The lowest BCUT2D eigenvalue weighted by Crippen LogP contribution is -2.36. The second kappa shape index (κ2) is 9.24. The molecule has 0 fully saturated rings. The van der Waals surface area contributed by atoms with Crippen LogP contribution in [0.5, 0.6) is 5.75 Å². The van der Waals surface area contributed by atoms with E-state index in [9.17, 15) is 14.0 Å². The van der Waals surface area contributed by atoms with Gasteiger partial charge in [-0.2, -0.15) is 0 Å². The van der Waals surface area contributed by atoms with Crippen molar-refractivity contribution in [3.05, 3.63) is 58.5 Å². The molecule has 29 heavy (non-hydrogen) atoms. The van der Waals surface area contributed by atoms with Crippen LogP contribution in [0, 0.1) is 18.8 Å². The topological polar surface area (TPSA) is 87.7 Å². The van der Waals surface area contributed by atoms with Crippen molar-refractivity contribution in [2.45, 2.75) is 19.8 Å². The van der Waals surface area contributed by atoms with E-state index < -0.39 is 0 Å². The molecule has 1 aromatic rings. The number of benzene rings is 1. The first-order valence-corrected chi connectivity index (χ1v) is 9.65. The third kappa shape index (κ3) is 5.05. The van der Waals surface area contributed by atoms with Crippen LogP contribution in [0.3, 0.4) is 0 Å². The van der Waals surface area contributed by atoms with Crippen molar-refractivity contribution in [2.24, 2.45) is 11.8 Å². The van der Waals surface area contributed by atoms with Gasteiger partial charge in [-0.3, -0.25) is 9.59 Å². The Morgan fingerprint density at radius 1 is 1.45 bits per heavy atom. The number of halogens is 2. The third-order valence-corrected chi connectivity index (χ3v) is 5.23. The highest BCUT2D eigenvalue weighted by molar-refractivity contribution is 6.32. The van der Waals surface area contributed by atoms with Gasteiger partial charge in [0.15, 0.2) is 0 Å². The molecule has 0 saturated heterocycles. The van der Waals surface area contributed by atoms with E-state index in [4.69, 9.17) is 21.4 Å². The van der Waals surface area contributed by atoms with Gasteiger partial charge in [-0.15, -0.1) is 0 Å². The molecule has 3 rings (SSSR count). The number of hydrogen-bond donors (Lipinski definition) is 3. The number of carbonyl (C=O) groups is 2. The Morgan fingerprint density at radius 2 is 2.24 bits per heavy atom. The summed E-state index contributed by atoms with van der Waals surface area (Å²) in [6.45, 7) is 1.71. The maximum Gasteiger partial charge on any atom is 0.253 e. The number of carbonyl (C=O) groups excluding carboxylic acids is 2. The Labute approximate surface area is 173 Å². The molecule has 154 valence electrons. The Morgan fingerprint density at radius 3 is 2.93 bits per heavy atom. The number of aliphatic hydroxyl groups is 1. The lowest BCUT2D eigenvalue weighted by Gasteiger charge is -2.29. The molecule has 0 bridgehead atoms. The van der Waals surface area contributed by atoms with Crippen molar-refractivity contribution in [3.63, 3.8) is 0 Å². The van der Waals surface area contributed by atoms with Crippen molar-refractivity contribution in [1.82, 2.24) is 5.32 Å². The van der Waals surface area contributed by atoms with E-state index in [1.807, 2.05) is 0 Å². The van der Waals surface area contributed by atoms with E-state index in [0.717, 1.165) is 5.56 Å². The molecule has 6 nitrogen and oxygen atoms in total. The van der Waals surface area contributed by atoms with Gasteiger partial charge in [-0.1, -0.05) is 17.7 Å². The highest BCUT2D eigenvalue weighted by atomic mass is 35.5.